The summed E-state index contributed by atoms with van der Waals surface area (Å²) in [6, 6.07) is 7.90. The smallest absolute Gasteiger partial charge is 0.273 e. The topological polar surface area (TPSA) is 89.3 Å². The van der Waals surface area contributed by atoms with Gasteiger partial charge in [-0.2, -0.15) is 0 Å². The SMILES string of the molecule is Cc1cc([N+](=O)[O-])c(C)c2c1NS(=O)(=O)c1ccccc1-2. The normalized spacial score (nSPS) is 14.8. The van der Waals surface area contributed by atoms with E-state index in [1.807, 2.05) is 0 Å². The summed E-state index contributed by atoms with van der Waals surface area (Å²) in [5.41, 5.74) is 2.46. The van der Waals surface area contributed by atoms with E-state index in [4.69, 9.17) is 0 Å². The maximum Gasteiger partial charge on any atom is 0.273 e. The Morgan fingerprint density at radius 3 is 2.52 bits per heavy atom. The van der Waals surface area contributed by atoms with Crippen molar-refractivity contribution in [1.29, 1.82) is 0 Å². The predicted octanol–water partition coefficient (Wildman–Crippen LogP) is 2.99. The van der Waals surface area contributed by atoms with E-state index >= 15 is 0 Å². The summed E-state index contributed by atoms with van der Waals surface area (Å²) in [5.74, 6) is 0. The summed E-state index contributed by atoms with van der Waals surface area (Å²) in [5, 5.41) is 11.2. The fourth-order valence-corrected chi connectivity index (χ4v) is 4.01. The van der Waals surface area contributed by atoms with Gasteiger partial charge in [0.15, 0.2) is 0 Å². The van der Waals surface area contributed by atoms with Gasteiger partial charge in [0, 0.05) is 22.8 Å². The molecule has 1 aliphatic heterocycles. The number of rotatable bonds is 1. The molecule has 0 amide bonds. The third kappa shape index (κ3) is 1.89. The van der Waals surface area contributed by atoms with Gasteiger partial charge in [-0.05, 0) is 25.5 Å². The molecule has 2 aromatic rings. The number of anilines is 1. The Labute approximate surface area is 121 Å². The number of nitro groups is 1. The number of hydrogen-bond donors (Lipinski definition) is 1. The highest BCUT2D eigenvalue weighted by Crippen LogP contribution is 2.45. The third-order valence-corrected chi connectivity index (χ3v) is 5.04. The summed E-state index contributed by atoms with van der Waals surface area (Å²) in [7, 11) is -3.65. The van der Waals surface area contributed by atoms with Crippen molar-refractivity contribution in [3.05, 3.63) is 51.6 Å². The Morgan fingerprint density at radius 2 is 1.86 bits per heavy atom. The van der Waals surface area contributed by atoms with Crippen molar-refractivity contribution in [3.8, 4) is 11.1 Å². The molecule has 0 radical (unpaired) electrons. The van der Waals surface area contributed by atoms with Gasteiger partial charge in [-0.3, -0.25) is 14.8 Å². The molecule has 0 spiro atoms. The molecule has 21 heavy (non-hydrogen) atoms. The molecule has 0 fully saturated rings. The number of aryl methyl sites for hydroxylation is 1. The lowest BCUT2D eigenvalue weighted by Crippen LogP contribution is -2.20. The highest BCUT2D eigenvalue weighted by atomic mass is 32.2. The molecule has 2 aromatic carbocycles. The maximum atomic E-state index is 12.3. The van der Waals surface area contributed by atoms with Crippen molar-refractivity contribution in [2.45, 2.75) is 18.7 Å². The zero-order valence-electron chi connectivity index (χ0n) is 11.4. The Bertz CT molecular complexity index is 888. The number of nitro benzene ring substituents is 1. The van der Waals surface area contributed by atoms with Crippen LogP contribution in [-0.4, -0.2) is 13.3 Å². The van der Waals surface area contributed by atoms with Crippen molar-refractivity contribution < 1.29 is 13.3 Å². The lowest BCUT2D eigenvalue weighted by molar-refractivity contribution is -0.385. The van der Waals surface area contributed by atoms with Gasteiger partial charge < -0.3 is 0 Å². The molecule has 108 valence electrons. The standard InChI is InChI=1S/C14H12N2O4S/c1-8-7-11(16(17)18)9(2)13-10-5-3-4-6-12(10)21(19,20)15-14(8)13/h3-7,15H,1-2H3. The lowest BCUT2D eigenvalue weighted by Gasteiger charge is -2.24. The summed E-state index contributed by atoms with van der Waals surface area (Å²) in [6.07, 6.45) is 0. The van der Waals surface area contributed by atoms with E-state index in [2.05, 4.69) is 4.72 Å². The van der Waals surface area contributed by atoms with Crippen molar-refractivity contribution >= 4 is 21.4 Å². The second-order valence-corrected chi connectivity index (χ2v) is 6.60. The molecule has 0 bridgehead atoms. The van der Waals surface area contributed by atoms with Crippen LogP contribution in [0, 0.1) is 24.0 Å². The van der Waals surface area contributed by atoms with E-state index in [-0.39, 0.29) is 10.6 Å². The average Bonchev–Trinajstić information content (AvgIpc) is 2.42. The van der Waals surface area contributed by atoms with Crippen LogP contribution in [0.15, 0.2) is 35.2 Å². The van der Waals surface area contributed by atoms with Gasteiger partial charge in [0.1, 0.15) is 0 Å². The van der Waals surface area contributed by atoms with Crippen LogP contribution >= 0.6 is 0 Å². The summed E-state index contributed by atoms with van der Waals surface area (Å²) >= 11 is 0. The number of nitrogens with one attached hydrogen (secondary N) is 1. The molecule has 7 heteroatoms. The molecule has 3 rings (SSSR count). The molecule has 0 unspecified atom stereocenters. The zero-order valence-corrected chi connectivity index (χ0v) is 12.2. The van der Waals surface area contributed by atoms with Crippen LogP contribution in [0.3, 0.4) is 0 Å². The van der Waals surface area contributed by atoms with Crippen LogP contribution < -0.4 is 4.72 Å². The van der Waals surface area contributed by atoms with E-state index in [0.717, 1.165) is 0 Å². The van der Waals surface area contributed by atoms with Crippen LogP contribution in [0.25, 0.3) is 11.1 Å². The van der Waals surface area contributed by atoms with Crippen LogP contribution in [0.4, 0.5) is 11.4 Å². The summed E-state index contributed by atoms with van der Waals surface area (Å²) in [6.45, 7) is 3.29. The first-order valence-corrected chi connectivity index (χ1v) is 7.72. The largest absolute Gasteiger partial charge is 0.279 e. The van der Waals surface area contributed by atoms with E-state index in [1.54, 1.807) is 32.0 Å². The number of hydrogen-bond acceptors (Lipinski definition) is 4. The van der Waals surface area contributed by atoms with Gasteiger partial charge in [-0.25, -0.2) is 8.42 Å². The van der Waals surface area contributed by atoms with Crippen molar-refractivity contribution in [1.82, 2.24) is 0 Å². The fraction of sp³-hybridized carbons (Fsp3) is 0.143. The van der Waals surface area contributed by atoms with Gasteiger partial charge >= 0.3 is 0 Å². The van der Waals surface area contributed by atoms with E-state index in [0.29, 0.717) is 27.9 Å². The molecule has 0 atom stereocenters. The minimum Gasteiger partial charge on any atom is -0.279 e. The summed E-state index contributed by atoms with van der Waals surface area (Å²) in [4.78, 5) is 10.9. The minimum atomic E-state index is -3.65. The monoisotopic (exact) mass is 304 g/mol. The van der Waals surface area contributed by atoms with E-state index < -0.39 is 14.9 Å². The Balaban J connectivity index is 2.47. The quantitative estimate of drug-likeness (QED) is 0.648. The highest BCUT2D eigenvalue weighted by Gasteiger charge is 2.32. The number of fused-ring (bicyclic) bond motifs is 3. The van der Waals surface area contributed by atoms with Gasteiger partial charge in [0.2, 0.25) is 0 Å². The van der Waals surface area contributed by atoms with Crippen molar-refractivity contribution in [3.63, 3.8) is 0 Å². The first-order valence-electron chi connectivity index (χ1n) is 6.24. The first kappa shape index (κ1) is 13.6. The highest BCUT2D eigenvalue weighted by molar-refractivity contribution is 7.93. The number of sulfonamides is 1. The predicted molar refractivity (Wildman–Crippen MR) is 78.8 cm³/mol. The fourth-order valence-electron chi connectivity index (χ4n) is 2.65. The van der Waals surface area contributed by atoms with E-state index in [1.165, 1.54) is 12.1 Å². The molecule has 1 aliphatic rings. The number of benzene rings is 2. The van der Waals surface area contributed by atoms with E-state index in [9.17, 15) is 18.5 Å². The van der Waals surface area contributed by atoms with Gasteiger partial charge in [0.25, 0.3) is 15.7 Å². The zero-order chi connectivity index (χ0) is 15.4. The second kappa shape index (κ2) is 4.29. The molecule has 0 saturated carbocycles. The van der Waals surface area contributed by atoms with Crippen molar-refractivity contribution in [2.24, 2.45) is 0 Å². The summed E-state index contributed by atoms with van der Waals surface area (Å²) < 4.78 is 27.1. The molecule has 0 saturated heterocycles. The lowest BCUT2D eigenvalue weighted by atomic mass is 9.94. The molecule has 0 aliphatic carbocycles. The van der Waals surface area contributed by atoms with Gasteiger partial charge in [-0.1, -0.05) is 18.2 Å². The molecule has 1 heterocycles. The van der Waals surface area contributed by atoms with Crippen LogP contribution in [0.5, 0.6) is 0 Å². The average molecular weight is 304 g/mol. The Kier molecular flexibility index (Phi) is 2.77. The molecule has 1 N–H and O–H groups in total. The molecule has 6 nitrogen and oxygen atoms in total. The van der Waals surface area contributed by atoms with Crippen molar-refractivity contribution in [2.75, 3.05) is 4.72 Å². The molecule has 0 aromatic heterocycles. The van der Waals surface area contributed by atoms with Gasteiger partial charge in [0.05, 0.1) is 15.5 Å². The molecular weight excluding hydrogens is 292 g/mol. The first-order chi connectivity index (χ1) is 9.83. The Morgan fingerprint density at radius 1 is 1.19 bits per heavy atom. The van der Waals surface area contributed by atoms with Crippen LogP contribution in [0.2, 0.25) is 0 Å². The van der Waals surface area contributed by atoms with Crippen LogP contribution in [-0.2, 0) is 10.0 Å². The number of nitrogens with zero attached hydrogens (tertiary/aromatic N) is 1. The second-order valence-electron chi connectivity index (χ2n) is 4.95. The minimum absolute atomic E-state index is 0.0119. The third-order valence-electron chi connectivity index (χ3n) is 3.64. The van der Waals surface area contributed by atoms with Gasteiger partial charge in [-0.15, -0.1) is 0 Å². The van der Waals surface area contributed by atoms with Crippen LogP contribution in [0.1, 0.15) is 11.1 Å². The Hall–Kier alpha value is -2.41. The maximum absolute atomic E-state index is 12.3. The molecular formula is C14H12N2O4S.